The Balaban J connectivity index is 1.69. The number of rotatable bonds is 5. The van der Waals surface area contributed by atoms with Crippen molar-refractivity contribution in [2.24, 2.45) is 0 Å². The summed E-state index contributed by atoms with van der Waals surface area (Å²) in [6.45, 7) is 2.66. The van der Waals surface area contributed by atoms with Crippen molar-refractivity contribution in [2.75, 3.05) is 6.61 Å². The van der Waals surface area contributed by atoms with E-state index in [2.05, 4.69) is 12.2 Å². The molecule has 1 saturated heterocycles. The van der Waals surface area contributed by atoms with Crippen molar-refractivity contribution in [3.05, 3.63) is 35.9 Å². The lowest BCUT2D eigenvalue weighted by atomic mass is 10.2. The van der Waals surface area contributed by atoms with Crippen molar-refractivity contribution in [1.29, 1.82) is 0 Å². The van der Waals surface area contributed by atoms with Crippen molar-refractivity contribution < 1.29 is 9.53 Å². The Labute approximate surface area is 95.8 Å². The van der Waals surface area contributed by atoms with Crippen LogP contribution in [0.5, 0.6) is 0 Å². The molecule has 0 saturated carbocycles. The van der Waals surface area contributed by atoms with Gasteiger partial charge in [0.15, 0.2) is 0 Å². The number of nitrogens with one attached hydrogen (secondary N) is 1. The fraction of sp³-hybridized carbons (Fsp3) is 0.462. The monoisotopic (exact) mass is 219 g/mol. The van der Waals surface area contributed by atoms with Gasteiger partial charge in [-0.2, -0.15) is 0 Å². The average molecular weight is 219 g/mol. The Morgan fingerprint density at radius 1 is 1.31 bits per heavy atom. The lowest BCUT2D eigenvalue weighted by Crippen LogP contribution is -2.08. The molecule has 1 aliphatic rings. The molecule has 3 heteroatoms. The van der Waals surface area contributed by atoms with Crippen LogP contribution in [0.1, 0.15) is 30.1 Å². The van der Waals surface area contributed by atoms with Gasteiger partial charge in [-0.3, -0.25) is 0 Å². The van der Waals surface area contributed by atoms with E-state index in [1.54, 1.807) is 12.1 Å². The zero-order chi connectivity index (χ0) is 11.4. The normalized spacial score (nSPS) is 22.8. The summed E-state index contributed by atoms with van der Waals surface area (Å²) in [5.41, 5.74) is 0.623. The molecule has 1 aromatic carbocycles. The first-order valence-corrected chi connectivity index (χ1v) is 5.79. The van der Waals surface area contributed by atoms with Crippen LogP contribution < -0.4 is 5.32 Å². The number of benzene rings is 1. The van der Waals surface area contributed by atoms with Gasteiger partial charge in [0, 0.05) is 12.1 Å². The van der Waals surface area contributed by atoms with Gasteiger partial charge in [0.2, 0.25) is 0 Å². The summed E-state index contributed by atoms with van der Waals surface area (Å²) in [4.78, 5) is 11.6. The first-order valence-electron chi connectivity index (χ1n) is 5.79. The molecule has 1 aliphatic heterocycles. The van der Waals surface area contributed by atoms with E-state index in [1.807, 2.05) is 18.2 Å². The van der Waals surface area contributed by atoms with Gasteiger partial charge >= 0.3 is 5.97 Å². The topological polar surface area (TPSA) is 48.2 Å². The molecule has 1 fully saturated rings. The van der Waals surface area contributed by atoms with E-state index in [4.69, 9.17) is 4.74 Å². The van der Waals surface area contributed by atoms with Crippen molar-refractivity contribution in [1.82, 2.24) is 5.32 Å². The molecule has 2 atom stereocenters. The van der Waals surface area contributed by atoms with E-state index >= 15 is 0 Å². The predicted octanol–water partition coefficient (Wildman–Crippen LogP) is 1.98. The summed E-state index contributed by atoms with van der Waals surface area (Å²) in [7, 11) is 0. The number of hydrogen-bond acceptors (Lipinski definition) is 3. The fourth-order valence-corrected chi connectivity index (χ4v) is 1.84. The Morgan fingerprint density at radius 2 is 2.06 bits per heavy atom. The largest absolute Gasteiger partial charge is 0.462 e. The smallest absolute Gasteiger partial charge is 0.338 e. The molecule has 0 radical (unpaired) electrons. The van der Waals surface area contributed by atoms with Crippen LogP contribution in [0.3, 0.4) is 0 Å². The second-order valence-electron chi connectivity index (χ2n) is 4.08. The van der Waals surface area contributed by atoms with Crippen LogP contribution in [-0.4, -0.2) is 24.7 Å². The summed E-state index contributed by atoms with van der Waals surface area (Å²) in [5, 5.41) is 3.34. The molecule has 16 heavy (non-hydrogen) atoms. The Hall–Kier alpha value is -1.35. The number of esters is 1. The van der Waals surface area contributed by atoms with Crippen LogP contribution >= 0.6 is 0 Å². The molecule has 1 aromatic rings. The number of carbonyl (C=O) groups excluding carboxylic acids is 1. The van der Waals surface area contributed by atoms with Crippen LogP contribution in [0.2, 0.25) is 0 Å². The van der Waals surface area contributed by atoms with E-state index in [0.29, 0.717) is 24.3 Å². The lowest BCUT2D eigenvalue weighted by molar-refractivity contribution is 0.0500. The van der Waals surface area contributed by atoms with Crippen molar-refractivity contribution in [3.8, 4) is 0 Å². The summed E-state index contributed by atoms with van der Waals surface area (Å²) in [5.74, 6) is -0.228. The third-order valence-electron chi connectivity index (χ3n) is 2.92. The van der Waals surface area contributed by atoms with Gasteiger partial charge < -0.3 is 10.1 Å². The third-order valence-corrected chi connectivity index (χ3v) is 2.92. The minimum absolute atomic E-state index is 0.228. The van der Waals surface area contributed by atoms with E-state index in [1.165, 1.54) is 0 Å². The summed E-state index contributed by atoms with van der Waals surface area (Å²) in [6.07, 6.45) is 2.06. The summed E-state index contributed by atoms with van der Waals surface area (Å²) < 4.78 is 5.19. The minimum atomic E-state index is -0.228. The molecule has 0 amide bonds. The number of hydrogen-bond donors (Lipinski definition) is 1. The molecule has 0 unspecified atom stereocenters. The van der Waals surface area contributed by atoms with E-state index < -0.39 is 0 Å². The van der Waals surface area contributed by atoms with Gasteiger partial charge in [0.25, 0.3) is 0 Å². The van der Waals surface area contributed by atoms with E-state index in [9.17, 15) is 4.79 Å². The summed E-state index contributed by atoms with van der Waals surface area (Å²) in [6, 6.07) is 10.3. The van der Waals surface area contributed by atoms with Crippen molar-refractivity contribution >= 4 is 5.97 Å². The van der Waals surface area contributed by atoms with Gasteiger partial charge in [-0.05, 0) is 25.0 Å². The standard InChI is InChI=1S/C13H17NO2/c1-2-11-12(14-11)8-9-16-13(15)10-6-4-3-5-7-10/h3-7,11-12,14H,2,8-9H2,1H3/t11-,12-/m1/s1. The van der Waals surface area contributed by atoms with Gasteiger partial charge in [-0.1, -0.05) is 25.1 Å². The fourth-order valence-electron chi connectivity index (χ4n) is 1.84. The molecule has 3 nitrogen and oxygen atoms in total. The molecule has 1 heterocycles. The first kappa shape index (κ1) is 11.1. The first-order chi connectivity index (χ1) is 7.81. The van der Waals surface area contributed by atoms with Gasteiger partial charge in [-0.15, -0.1) is 0 Å². The molecule has 0 spiro atoms. The maximum absolute atomic E-state index is 11.6. The highest BCUT2D eigenvalue weighted by Gasteiger charge is 2.33. The maximum Gasteiger partial charge on any atom is 0.338 e. The SMILES string of the molecule is CC[C@H]1N[C@@H]1CCOC(=O)c1ccccc1. The molecule has 0 aromatic heterocycles. The predicted molar refractivity (Wildman–Crippen MR) is 62.3 cm³/mol. The maximum atomic E-state index is 11.6. The number of carbonyl (C=O) groups is 1. The Kier molecular flexibility index (Phi) is 3.57. The van der Waals surface area contributed by atoms with Gasteiger partial charge in [-0.25, -0.2) is 4.79 Å². The van der Waals surface area contributed by atoms with Crippen LogP contribution in [0.4, 0.5) is 0 Å². The van der Waals surface area contributed by atoms with Crippen LogP contribution in [-0.2, 0) is 4.74 Å². The molecular weight excluding hydrogens is 202 g/mol. The quantitative estimate of drug-likeness (QED) is 0.608. The average Bonchev–Trinajstić information content (AvgIpc) is 3.09. The molecule has 1 N–H and O–H groups in total. The molecule has 0 aliphatic carbocycles. The van der Waals surface area contributed by atoms with Crippen LogP contribution in [0.15, 0.2) is 30.3 Å². The third kappa shape index (κ3) is 2.83. The highest BCUT2D eigenvalue weighted by atomic mass is 16.5. The van der Waals surface area contributed by atoms with Gasteiger partial charge in [0.05, 0.1) is 12.2 Å². The zero-order valence-electron chi connectivity index (χ0n) is 9.48. The lowest BCUT2D eigenvalue weighted by Gasteiger charge is -2.03. The van der Waals surface area contributed by atoms with E-state index in [0.717, 1.165) is 12.8 Å². The molecular formula is C13H17NO2. The number of ether oxygens (including phenoxy) is 1. The molecule has 0 bridgehead atoms. The zero-order valence-corrected chi connectivity index (χ0v) is 9.48. The second-order valence-corrected chi connectivity index (χ2v) is 4.08. The minimum Gasteiger partial charge on any atom is -0.462 e. The Morgan fingerprint density at radius 3 is 2.69 bits per heavy atom. The van der Waals surface area contributed by atoms with E-state index in [-0.39, 0.29) is 5.97 Å². The highest BCUT2D eigenvalue weighted by Crippen LogP contribution is 2.17. The second kappa shape index (κ2) is 5.12. The molecule has 2 rings (SSSR count). The van der Waals surface area contributed by atoms with Gasteiger partial charge in [0.1, 0.15) is 0 Å². The van der Waals surface area contributed by atoms with Crippen LogP contribution in [0.25, 0.3) is 0 Å². The Bertz CT molecular complexity index is 350. The molecule has 86 valence electrons. The summed E-state index contributed by atoms with van der Waals surface area (Å²) >= 11 is 0. The van der Waals surface area contributed by atoms with Crippen LogP contribution in [0, 0.1) is 0 Å². The van der Waals surface area contributed by atoms with Crippen molar-refractivity contribution in [2.45, 2.75) is 31.8 Å². The highest BCUT2D eigenvalue weighted by molar-refractivity contribution is 5.89. The van der Waals surface area contributed by atoms with Crippen molar-refractivity contribution in [3.63, 3.8) is 0 Å².